The molecule has 0 aromatic rings. The monoisotopic (exact) mass is 177 g/mol. The van der Waals surface area contributed by atoms with Gasteiger partial charge in [-0.15, -0.1) is 6.42 Å². The Labute approximate surface area is 79.4 Å². The van der Waals surface area contributed by atoms with Crippen molar-refractivity contribution in [3.8, 4) is 12.3 Å². The van der Waals surface area contributed by atoms with Gasteiger partial charge in [0.15, 0.2) is 0 Å². The summed E-state index contributed by atoms with van der Waals surface area (Å²) in [5.74, 6) is 2.41. The van der Waals surface area contributed by atoms with Crippen LogP contribution in [0.5, 0.6) is 0 Å². The van der Waals surface area contributed by atoms with Gasteiger partial charge in [0.25, 0.3) is 0 Å². The van der Waals surface area contributed by atoms with Crippen LogP contribution < -0.4 is 5.32 Å². The van der Waals surface area contributed by atoms with Gasteiger partial charge in [0.2, 0.25) is 5.91 Å². The summed E-state index contributed by atoms with van der Waals surface area (Å²) in [7, 11) is 0. The van der Waals surface area contributed by atoms with Crippen molar-refractivity contribution in [3.05, 3.63) is 11.6 Å². The molecule has 0 aromatic heterocycles. The van der Waals surface area contributed by atoms with Crippen LogP contribution in [0.15, 0.2) is 11.6 Å². The molecular formula is C11H15NO. The smallest absolute Gasteiger partial charge is 0.244 e. The van der Waals surface area contributed by atoms with Crippen LogP contribution in [-0.4, -0.2) is 11.9 Å². The number of allylic oxidation sites excluding steroid dienone is 1. The number of hydrogen-bond donors (Lipinski definition) is 1. The number of hydrogen-bond acceptors (Lipinski definition) is 1. The van der Waals surface area contributed by atoms with E-state index in [-0.39, 0.29) is 11.9 Å². The largest absolute Gasteiger partial charge is 0.339 e. The van der Waals surface area contributed by atoms with E-state index in [0.29, 0.717) is 0 Å². The molecule has 0 saturated heterocycles. The van der Waals surface area contributed by atoms with Crippen LogP contribution in [-0.2, 0) is 4.79 Å². The van der Waals surface area contributed by atoms with Crippen LogP contribution in [0.4, 0.5) is 0 Å². The number of amides is 1. The molecule has 1 rings (SSSR count). The maximum Gasteiger partial charge on any atom is 0.244 e. The van der Waals surface area contributed by atoms with E-state index in [2.05, 4.69) is 11.2 Å². The lowest BCUT2D eigenvalue weighted by Crippen LogP contribution is -2.29. The van der Waals surface area contributed by atoms with Crippen LogP contribution in [0.1, 0.15) is 32.6 Å². The lowest BCUT2D eigenvalue weighted by atomic mass is 10.2. The second kappa shape index (κ2) is 4.71. The summed E-state index contributed by atoms with van der Waals surface area (Å²) in [6.07, 6.45) is 11.4. The van der Waals surface area contributed by atoms with Gasteiger partial charge in [-0.2, -0.15) is 0 Å². The van der Waals surface area contributed by atoms with E-state index >= 15 is 0 Å². The summed E-state index contributed by atoms with van der Waals surface area (Å²) < 4.78 is 0. The Kier molecular flexibility index (Phi) is 3.57. The molecule has 2 heteroatoms. The molecule has 0 aliphatic heterocycles. The molecule has 1 unspecified atom stereocenters. The van der Waals surface area contributed by atoms with Crippen LogP contribution in [0.25, 0.3) is 0 Å². The van der Waals surface area contributed by atoms with Crippen molar-refractivity contribution in [1.82, 2.24) is 5.32 Å². The zero-order valence-electron chi connectivity index (χ0n) is 7.97. The standard InChI is InChI=1S/C11H15NO/c1-3-9(2)12-11(13)8-10-6-4-5-7-10/h1,8-9H,4-7H2,2H3,(H,12,13). The fourth-order valence-electron chi connectivity index (χ4n) is 1.46. The molecule has 0 spiro atoms. The summed E-state index contributed by atoms with van der Waals surface area (Å²) in [5.41, 5.74) is 1.25. The third kappa shape index (κ3) is 3.33. The van der Waals surface area contributed by atoms with Crippen LogP contribution in [0, 0.1) is 12.3 Å². The van der Waals surface area contributed by atoms with Crippen molar-refractivity contribution >= 4 is 5.91 Å². The van der Waals surface area contributed by atoms with Crippen LogP contribution >= 0.6 is 0 Å². The van der Waals surface area contributed by atoms with Gasteiger partial charge >= 0.3 is 0 Å². The van der Waals surface area contributed by atoms with Gasteiger partial charge in [0.05, 0.1) is 6.04 Å². The average Bonchev–Trinajstić information content (AvgIpc) is 2.56. The highest BCUT2D eigenvalue weighted by molar-refractivity contribution is 5.88. The lowest BCUT2D eigenvalue weighted by molar-refractivity contribution is -0.116. The second-order valence-corrected chi connectivity index (χ2v) is 3.41. The number of rotatable bonds is 2. The number of nitrogens with one attached hydrogen (secondary N) is 1. The Bertz CT molecular complexity index is 252. The number of carbonyl (C=O) groups is 1. The van der Waals surface area contributed by atoms with Gasteiger partial charge in [-0.05, 0) is 32.6 Å². The molecule has 1 amide bonds. The minimum Gasteiger partial charge on any atom is -0.339 e. The van der Waals surface area contributed by atoms with Crippen LogP contribution in [0.2, 0.25) is 0 Å². The SMILES string of the molecule is C#CC(C)NC(=O)C=C1CCCC1. The molecule has 1 aliphatic rings. The summed E-state index contributed by atoms with van der Waals surface area (Å²) >= 11 is 0. The Morgan fingerprint density at radius 1 is 1.62 bits per heavy atom. The summed E-state index contributed by atoms with van der Waals surface area (Å²) in [4.78, 5) is 11.3. The van der Waals surface area contributed by atoms with Crippen molar-refractivity contribution in [2.24, 2.45) is 0 Å². The van der Waals surface area contributed by atoms with Gasteiger partial charge < -0.3 is 5.32 Å². The van der Waals surface area contributed by atoms with Gasteiger partial charge in [0.1, 0.15) is 0 Å². The lowest BCUT2D eigenvalue weighted by Gasteiger charge is -2.04. The fraction of sp³-hybridized carbons (Fsp3) is 0.545. The van der Waals surface area contributed by atoms with E-state index in [1.807, 2.05) is 0 Å². The molecule has 1 atom stereocenters. The van der Waals surface area contributed by atoms with Gasteiger partial charge in [0, 0.05) is 6.08 Å². The Morgan fingerprint density at radius 2 is 2.23 bits per heavy atom. The summed E-state index contributed by atoms with van der Waals surface area (Å²) in [5, 5.41) is 2.70. The first-order valence-corrected chi connectivity index (χ1v) is 4.68. The van der Waals surface area contributed by atoms with Gasteiger partial charge in [-0.3, -0.25) is 4.79 Å². The van der Waals surface area contributed by atoms with E-state index in [4.69, 9.17) is 6.42 Å². The van der Waals surface area contributed by atoms with E-state index in [0.717, 1.165) is 12.8 Å². The molecule has 1 aliphatic carbocycles. The quantitative estimate of drug-likeness (QED) is 0.504. The Balaban J connectivity index is 2.41. The zero-order valence-corrected chi connectivity index (χ0v) is 7.97. The molecule has 1 fully saturated rings. The molecule has 0 radical (unpaired) electrons. The molecule has 0 heterocycles. The maximum atomic E-state index is 11.3. The molecule has 1 N–H and O–H groups in total. The first-order chi connectivity index (χ1) is 6.22. The van der Waals surface area contributed by atoms with Crippen molar-refractivity contribution in [2.45, 2.75) is 38.6 Å². The highest BCUT2D eigenvalue weighted by atomic mass is 16.1. The zero-order chi connectivity index (χ0) is 9.68. The van der Waals surface area contributed by atoms with Crippen molar-refractivity contribution in [1.29, 1.82) is 0 Å². The molecule has 0 aromatic carbocycles. The van der Waals surface area contributed by atoms with Crippen LogP contribution in [0.3, 0.4) is 0 Å². The highest BCUT2D eigenvalue weighted by Gasteiger charge is 2.08. The highest BCUT2D eigenvalue weighted by Crippen LogP contribution is 2.23. The summed E-state index contributed by atoms with van der Waals surface area (Å²) in [6.45, 7) is 1.80. The predicted octanol–water partition coefficient (Wildman–Crippen LogP) is 1.62. The minimum atomic E-state index is -0.175. The first kappa shape index (κ1) is 9.85. The summed E-state index contributed by atoms with van der Waals surface area (Å²) in [6, 6.07) is -0.175. The minimum absolute atomic E-state index is 0.0534. The van der Waals surface area contributed by atoms with Gasteiger partial charge in [-0.25, -0.2) is 0 Å². The molecule has 1 saturated carbocycles. The fourth-order valence-corrected chi connectivity index (χ4v) is 1.46. The van der Waals surface area contributed by atoms with Crippen molar-refractivity contribution < 1.29 is 4.79 Å². The normalized spacial score (nSPS) is 17.7. The average molecular weight is 177 g/mol. The van der Waals surface area contributed by atoms with Crippen molar-refractivity contribution in [2.75, 3.05) is 0 Å². The van der Waals surface area contributed by atoms with E-state index in [9.17, 15) is 4.79 Å². The molecular weight excluding hydrogens is 162 g/mol. The predicted molar refractivity (Wildman–Crippen MR) is 53.0 cm³/mol. The molecule has 0 bridgehead atoms. The third-order valence-corrected chi connectivity index (χ3v) is 2.19. The Morgan fingerprint density at radius 3 is 2.77 bits per heavy atom. The molecule has 13 heavy (non-hydrogen) atoms. The second-order valence-electron chi connectivity index (χ2n) is 3.41. The van der Waals surface area contributed by atoms with E-state index in [1.54, 1.807) is 13.0 Å². The number of carbonyl (C=O) groups excluding carboxylic acids is 1. The van der Waals surface area contributed by atoms with Crippen molar-refractivity contribution in [3.63, 3.8) is 0 Å². The molecule has 70 valence electrons. The van der Waals surface area contributed by atoms with E-state index in [1.165, 1.54) is 18.4 Å². The topological polar surface area (TPSA) is 29.1 Å². The Hall–Kier alpha value is -1.23. The maximum absolute atomic E-state index is 11.3. The third-order valence-electron chi connectivity index (χ3n) is 2.19. The number of terminal acetylenes is 1. The first-order valence-electron chi connectivity index (χ1n) is 4.68. The van der Waals surface area contributed by atoms with Gasteiger partial charge in [-0.1, -0.05) is 11.5 Å². The van der Waals surface area contributed by atoms with E-state index < -0.39 is 0 Å². The molecule has 2 nitrogen and oxygen atoms in total.